The van der Waals surface area contributed by atoms with Gasteiger partial charge in [-0.2, -0.15) is 5.10 Å². The second kappa shape index (κ2) is 7.05. The molecule has 0 spiro atoms. The molecule has 0 aliphatic rings. The molecule has 6 nitrogen and oxygen atoms in total. The largest absolute Gasteiger partial charge is 0.508 e. The summed E-state index contributed by atoms with van der Waals surface area (Å²) in [4.78, 5) is 10.6. The highest BCUT2D eigenvalue weighted by molar-refractivity contribution is 7.21. The van der Waals surface area contributed by atoms with Crippen LogP contribution in [0, 0.1) is 0 Å². The van der Waals surface area contributed by atoms with Gasteiger partial charge in [-0.3, -0.25) is 5.43 Å². The Morgan fingerprint density at radius 3 is 2.63 bits per heavy atom. The molecule has 0 unspecified atom stereocenters. The third-order valence-corrected chi connectivity index (χ3v) is 5.18. The van der Waals surface area contributed by atoms with Crippen LogP contribution in [0.25, 0.3) is 20.7 Å². The molecule has 0 fully saturated rings. The molecule has 0 saturated heterocycles. The van der Waals surface area contributed by atoms with Crippen LogP contribution >= 0.6 is 11.3 Å². The molecule has 4 rings (SSSR count). The van der Waals surface area contributed by atoms with Gasteiger partial charge in [-0.05, 0) is 30.7 Å². The molecule has 27 heavy (non-hydrogen) atoms. The number of benzene rings is 2. The van der Waals surface area contributed by atoms with Crippen molar-refractivity contribution >= 4 is 33.1 Å². The van der Waals surface area contributed by atoms with Crippen LogP contribution in [0.1, 0.15) is 12.5 Å². The van der Waals surface area contributed by atoms with E-state index in [2.05, 4.69) is 32.6 Å². The van der Waals surface area contributed by atoms with Crippen LogP contribution in [-0.4, -0.2) is 25.9 Å². The van der Waals surface area contributed by atoms with Gasteiger partial charge < -0.3 is 10.2 Å². The molecule has 134 valence electrons. The highest BCUT2D eigenvalue weighted by Crippen LogP contribution is 2.34. The minimum absolute atomic E-state index is 0.00114. The second-order valence-electron chi connectivity index (χ2n) is 5.93. The van der Waals surface area contributed by atoms with Crippen LogP contribution in [0.3, 0.4) is 0 Å². The maximum Gasteiger partial charge on any atom is 0.158 e. The number of nitrogens with one attached hydrogen (secondary N) is 1. The van der Waals surface area contributed by atoms with Crippen molar-refractivity contribution in [3.8, 4) is 21.9 Å². The number of hydrogen-bond acceptors (Lipinski definition) is 7. The monoisotopic (exact) mass is 376 g/mol. The zero-order valence-corrected chi connectivity index (χ0v) is 15.2. The SMILES string of the molecule is C/C(=N\Nc1ncnc2sc(-c3ccccc3)cc12)c1ccc(O)cc1O. The lowest BCUT2D eigenvalue weighted by atomic mass is 10.1. The lowest BCUT2D eigenvalue weighted by molar-refractivity contribution is 0.450. The van der Waals surface area contributed by atoms with Crippen LogP contribution in [0.5, 0.6) is 11.5 Å². The van der Waals surface area contributed by atoms with Crippen LogP contribution in [-0.2, 0) is 0 Å². The van der Waals surface area contributed by atoms with Crippen molar-refractivity contribution in [1.29, 1.82) is 0 Å². The molecular formula is C20H16N4O2S. The summed E-state index contributed by atoms with van der Waals surface area (Å²) in [7, 11) is 0. The Hall–Kier alpha value is -3.45. The molecule has 0 saturated carbocycles. The summed E-state index contributed by atoms with van der Waals surface area (Å²) in [6, 6.07) is 16.5. The van der Waals surface area contributed by atoms with Crippen molar-refractivity contribution in [2.75, 3.05) is 5.43 Å². The van der Waals surface area contributed by atoms with Crippen LogP contribution < -0.4 is 5.43 Å². The first-order chi connectivity index (χ1) is 13.1. The number of fused-ring (bicyclic) bond motifs is 1. The zero-order chi connectivity index (χ0) is 18.8. The Morgan fingerprint density at radius 2 is 1.85 bits per heavy atom. The van der Waals surface area contributed by atoms with Crippen molar-refractivity contribution in [3.05, 3.63) is 66.5 Å². The number of thiophene rings is 1. The first-order valence-electron chi connectivity index (χ1n) is 8.24. The molecule has 0 amide bonds. The Kier molecular flexibility index (Phi) is 4.43. The Labute approximate surface area is 159 Å². The maximum absolute atomic E-state index is 9.97. The van der Waals surface area contributed by atoms with Gasteiger partial charge in [0.1, 0.15) is 22.7 Å². The fraction of sp³-hybridized carbons (Fsp3) is 0.0500. The molecule has 2 heterocycles. The molecule has 2 aromatic heterocycles. The molecule has 0 aliphatic heterocycles. The quantitative estimate of drug-likeness (QED) is 0.357. The zero-order valence-electron chi connectivity index (χ0n) is 14.4. The number of hydrazone groups is 1. The second-order valence-corrected chi connectivity index (χ2v) is 6.96. The van der Waals surface area contributed by atoms with Gasteiger partial charge in [0.05, 0.1) is 11.1 Å². The van der Waals surface area contributed by atoms with Crippen molar-refractivity contribution in [2.24, 2.45) is 5.10 Å². The summed E-state index contributed by atoms with van der Waals surface area (Å²) in [6.45, 7) is 1.76. The summed E-state index contributed by atoms with van der Waals surface area (Å²) >= 11 is 1.59. The van der Waals surface area contributed by atoms with Crippen LogP contribution in [0.4, 0.5) is 5.82 Å². The predicted octanol–water partition coefficient (Wildman–Crippen LogP) is 4.61. The van der Waals surface area contributed by atoms with Crippen molar-refractivity contribution in [3.63, 3.8) is 0 Å². The van der Waals surface area contributed by atoms with E-state index in [9.17, 15) is 10.2 Å². The van der Waals surface area contributed by atoms with E-state index >= 15 is 0 Å². The highest BCUT2D eigenvalue weighted by Gasteiger charge is 2.11. The van der Waals surface area contributed by atoms with Crippen molar-refractivity contribution in [2.45, 2.75) is 6.92 Å². The van der Waals surface area contributed by atoms with Gasteiger partial charge in [-0.25, -0.2) is 9.97 Å². The number of phenols is 2. The van der Waals surface area contributed by atoms with E-state index in [4.69, 9.17) is 0 Å². The Morgan fingerprint density at radius 1 is 1.04 bits per heavy atom. The smallest absolute Gasteiger partial charge is 0.158 e. The van der Waals surface area contributed by atoms with E-state index in [1.54, 1.807) is 24.3 Å². The van der Waals surface area contributed by atoms with Crippen LogP contribution in [0.15, 0.2) is 66.0 Å². The molecule has 0 bridgehead atoms. The topological polar surface area (TPSA) is 90.6 Å². The summed E-state index contributed by atoms with van der Waals surface area (Å²) in [5, 5.41) is 24.6. The first kappa shape index (κ1) is 17.0. The number of aromatic hydroxyl groups is 2. The van der Waals surface area contributed by atoms with Gasteiger partial charge in [0.2, 0.25) is 0 Å². The minimum atomic E-state index is -0.0345. The number of aromatic nitrogens is 2. The molecule has 7 heteroatoms. The third-order valence-electron chi connectivity index (χ3n) is 4.09. The van der Waals surface area contributed by atoms with Gasteiger partial charge in [0, 0.05) is 16.5 Å². The van der Waals surface area contributed by atoms with Gasteiger partial charge in [0.25, 0.3) is 0 Å². The predicted molar refractivity (Wildman–Crippen MR) is 108 cm³/mol. The number of rotatable bonds is 4. The molecule has 0 radical (unpaired) electrons. The van der Waals surface area contributed by atoms with E-state index in [0.717, 1.165) is 20.7 Å². The van der Waals surface area contributed by atoms with Gasteiger partial charge >= 0.3 is 0 Å². The molecule has 0 atom stereocenters. The Balaban J connectivity index is 1.67. The van der Waals surface area contributed by atoms with Gasteiger partial charge in [-0.1, -0.05) is 30.3 Å². The normalized spacial score (nSPS) is 11.7. The fourth-order valence-electron chi connectivity index (χ4n) is 2.71. The van der Waals surface area contributed by atoms with E-state index in [1.165, 1.54) is 18.5 Å². The Bertz CT molecular complexity index is 1140. The third kappa shape index (κ3) is 3.45. The summed E-state index contributed by atoms with van der Waals surface area (Å²) in [6.07, 6.45) is 1.50. The van der Waals surface area contributed by atoms with E-state index in [1.807, 2.05) is 24.3 Å². The average Bonchev–Trinajstić information content (AvgIpc) is 3.12. The van der Waals surface area contributed by atoms with Crippen LogP contribution in [0.2, 0.25) is 0 Å². The summed E-state index contributed by atoms with van der Waals surface area (Å²) in [5.74, 6) is 0.560. The molecule has 3 N–H and O–H groups in total. The van der Waals surface area contributed by atoms with Gasteiger partial charge in [0.15, 0.2) is 5.82 Å². The molecule has 0 aliphatic carbocycles. The fourth-order valence-corrected chi connectivity index (χ4v) is 3.72. The number of hydrogen-bond donors (Lipinski definition) is 3. The number of anilines is 1. The lowest BCUT2D eigenvalue weighted by Crippen LogP contribution is -2.01. The lowest BCUT2D eigenvalue weighted by Gasteiger charge is -2.06. The van der Waals surface area contributed by atoms with Crippen molar-refractivity contribution in [1.82, 2.24) is 9.97 Å². The number of phenolic OH excluding ortho intramolecular Hbond substituents is 2. The summed E-state index contributed by atoms with van der Waals surface area (Å²) in [5.41, 5.74) is 5.18. The minimum Gasteiger partial charge on any atom is -0.508 e. The van der Waals surface area contributed by atoms with Crippen molar-refractivity contribution < 1.29 is 10.2 Å². The average molecular weight is 376 g/mol. The van der Waals surface area contributed by atoms with E-state index < -0.39 is 0 Å². The molecule has 2 aromatic carbocycles. The molecular weight excluding hydrogens is 360 g/mol. The summed E-state index contributed by atoms with van der Waals surface area (Å²) < 4.78 is 0. The van der Waals surface area contributed by atoms with Gasteiger partial charge in [-0.15, -0.1) is 11.3 Å². The molecule has 4 aromatic rings. The van der Waals surface area contributed by atoms with E-state index in [0.29, 0.717) is 17.1 Å². The highest BCUT2D eigenvalue weighted by atomic mass is 32.1. The standard InChI is InChI=1S/C20H16N4O2S/c1-12(15-8-7-14(25)9-17(15)26)23-24-19-16-10-18(13-5-3-2-4-6-13)27-20(16)22-11-21-19/h2-11,25-26H,1H3,(H,21,22,24)/b23-12+. The number of nitrogens with zero attached hydrogens (tertiary/aromatic N) is 3. The maximum atomic E-state index is 9.97. The first-order valence-corrected chi connectivity index (χ1v) is 9.06. The van der Waals surface area contributed by atoms with E-state index in [-0.39, 0.29) is 11.5 Å².